The predicted molar refractivity (Wildman–Crippen MR) is 115 cm³/mol. The normalized spacial score (nSPS) is 18.2. The summed E-state index contributed by atoms with van der Waals surface area (Å²) in [4.78, 5) is 24.1. The number of nitrogens with zero attached hydrogens (tertiary/aromatic N) is 1. The van der Waals surface area contributed by atoms with Crippen LogP contribution in [0.25, 0.3) is 0 Å². The van der Waals surface area contributed by atoms with E-state index in [0.717, 1.165) is 18.4 Å². The Balaban J connectivity index is 1.47. The van der Waals surface area contributed by atoms with E-state index in [1.807, 2.05) is 18.2 Å². The highest BCUT2D eigenvalue weighted by Gasteiger charge is 2.47. The predicted octanol–water partition coefficient (Wildman–Crippen LogP) is 1.47. The molecule has 3 amide bonds. The monoisotopic (exact) mass is 453 g/mol. The van der Waals surface area contributed by atoms with Crippen LogP contribution < -0.4 is 14.8 Å². The van der Waals surface area contributed by atoms with Gasteiger partial charge in [-0.15, -0.1) is 0 Å². The minimum Gasteiger partial charge on any atom is -0.491 e. The van der Waals surface area contributed by atoms with Crippen LogP contribution in [0.1, 0.15) is 51.5 Å². The molecule has 0 bridgehead atoms. The average molecular weight is 454 g/mol. The van der Waals surface area contributed by atoms with Gasteiger partial charge in [0.25, 0.3) is 0 Å². The Hall–Kier alpha value is -2.17. The molecule has 172 valence electrons. The molecule has 3 N–H and O–H groups in total. The number of urea groups is 1. The lowest BCUT2D eigenvalue weighted by Gasteiger charge is -2.21. The van der Waals surface area contributed by atoms with Crippen LogP contribution in [0.2, 0.25) is 0 Å². The van der Waals surface area contributed by atoms with Crippen LogP contribution in [-0.4, -0.2) is 61.4 Å². The van der Waals surface area contributed by atoms with E-state index < -0.39 is 21.2 Å². The molecule has 3 rings (SSSR count). The van der Waals surface area contributed by atoms with Gasteiger partial charge in [0.1, 0.15) is 18.9 Å². The SMILES string of the molecule is CC(C)(O)COc1cccc(C2(NS(=O)(=O)CCCCCN3CC(=O)NC3=O)CC2)c1. The molecule has 1 heterocycles. The summed E-state index contributed by atoms with van der Waals surface area (Å²) < 4.78 is 33.7. The third-order valence-electron chi connectivity index (χ3n) is 5.29. The summed E-state index contributed by atoms with van der Waals surface area (Å²) >= 11 is 0. The van der Waals surface area contributed by atoms with Gasteiger partial charge >= 0.3 is 6.03 Å². The Morgan fingerprint density at radius 2 is 1.97 bits per heavy atom. The molecule has 1 aromatic carbocycles. The molecule has 1 aliphatic carbocycles. The molecule has 2 fully saturated rings. The third kappa shape index (κ3) is 6.91. The van der Waals surface area contributed by atoms with Gasteiger partial charge in [0.05, 0.1) is 16.9 Å². The van der Waals surface area contributed by atoms with Crippen molar-refractivity contribution in [1.82, 2.24) is 14.9 Å². The number of ether oxygens (including phenoxy) is 1. The van der Waals surface area contributed by atoms with Crippen molar-refractivity contribution in [2.45, 2.75) is 57.1 Å². The Bertz CT molecular complexity index is 921. The van der Waals surface area contributed by atoms with E-state index in [4.69, 9.17) is 4.74 Å². The van der Waals surface area contributed by atoms with Gasteiger partial charge in [0, 0.05) is 6.54 Å². The molecule has 0 atom stereocenters. The van der Waals surface area contributed by atoms with E-state index in [0.29, 0.717) is 31.6 Å². The molecule has 0 aromatic heterocycles. The van der Waals surface area contributed by atoms with E-state index in [1.165, 1.54) is 4.90 Å². The molecule has 10 heteroatoms. The van der Waals surface area contributed by atoms with E-state index >= 15 is 0 Å². The Morgan fingerprint density at radius 1 is 1.23 bits per heavy atom. The maximum atomic E-state index is 12.6. The van der Waals surface area contributed by atoms with E-state index in [2.05, 4.69) is 10.0 Å². The fourth-order valence-corrected chi connectivity index (χ4v) is 5.11. The number of aliphatic hydroxyl groups is 1. The van der Waals surface area contributed by atoms with Gasteiger partial charge in [-0.3, -0.25) is 10.1 Å². The second-order valence-electron chi connectivity index (χ2n) is 8.97. The number of unbranched alkanes of at least 4 members (excludes halogenated alkanes) is 2. The van der Waals surface area contributed by atoms with Crippen molar-refractivity contribution < 1.29 is 27.9 Å². The molecule has 31 heavy (non-hydrogen) atoms. The standard InChI is InChI=1S/C21H31N3O6S/c1-20(2,27)15-30-17-8-6-7-16(13-17)21(9-10-21)23-31(28,29)12-5-3-4-11-24-14-18(25)22-19(24)26/h6-8,13,23,27H,3-5,9-12,14-15H2,1-2H3,(H,22,25,26). The highest BCUT2D eigenvalue weighted by Crippen LogP contribution is 2.46. The Labute approximate surface area is 183 Å². The zero-order chi connectivity index (χ0) is 22.7. The minimum absolute atomic E-state index is 0.00870. The molecule has 1 aromatic rings. The molecule has 9 nitrogen and oxygen atoms in total. The highest BCUT2D eigenvalue weighted by atomic mass is 32.2. The second kappa shape index (κ2) is 9.13. The number of carbonyl (C=O) groups is 2. The zero-order valence-corrected chi connectivity index (χ0v) is 18.8. The number of hydrogen-bond acceptors (Lipinski definition) is 6. The number of rotatable bonds is 12. The van der Waals surface area contributed by atoms with Crippen molar-refractivity contribution >= 4 is 22.0 Å². The quantitative estimate of drug-likeness (QED) is 0.325. The van der Waals surface area contributed by atoms with Crippen LogP contribution in [0.15, 0.2) is 24.3 Å². The number of hydrogen-bond donors (Lipinski definition) is 3. The van der Waals surface area contributed by atoms with Crippen LogP contribution in [0, 0.1) is 0 Å². The lowest BCUT2D eigenvalue weighted by atomic mass is 10.1. The summed E-state index contributed by atoms with van der Waals surface area (Å²) in [6.45, 7) is 3.97. The Kier molecular flexibility index (Phi) is 6.92. The summed E-state index contributed by atoms with van der Waals surface area (Å²) in [5.41, 5.74) is -0.696. The molecule has 1 aliphatic heterocycles. The first-order valence-corrected chi connectivity index (χ1v) is 12.2. The van der Waals surface area contributed by atoms with Crippen molar-refractivity contribution in [3.05, 3.63) is 29.8 Å². The maximum absolute atomic E-state index is 12.6. The molecule has 1 saturated heterocycles. The number of imide groups is 1. The van der Waals surface area contributed by atoms with Gasteiger partial charge < -0.3 is 14.7 Å². The molecule has 2 aliphatic rings. The minimum atomic E-state index is -3.47. The van der Waals surface area contributed by atoms with Crippen LogP contribution in [0.3, 0.4) is 0 Å². The molecule has 0 radical (unpaired) electrons. The van der Waals surface area contributed by atoms with Crippen molar-refractivity contribution in [2.24, 2.45) is 0 Å². The average Bonchev–Trinajstić information content (AvgIpc) is 3.37. The molecule has 0 unspecified atom stereocenters. The fraction of sp³-hybridized carbons (Fsp3) is 0.619. The van der Waals surface area contributed by atoms with Crippen LogP contribution in [0.4, 0.5) is 4.79 Å². The van der Waals surface area contributed by atoms with Crippen LogP contribution >= 0.6 is 0 Å². The van der Waals surface area contributed by atoms with Gasteiger partial charge in [-0.25, -0.2) is 17.9 Å². The topological polar surface area (TPSA) is 125 Å². The lowest BCUT2D eigenvalue weighted by Crippen LogP contribution is -2.36. The summed E-state index contributed by atoms with van der Waals surface area (Å²) in [5.74, 6) is 0.296. The van der Waals surface area contributed by atoms with Crippen LogP contribution in [-0.2, 0) is 20.4 Å². The molecule has 1 saturated carbocycles. The number of benzene rings is 1. The van der Waals surface area contributed by atoms with Crippen LogP contribution in [0.5, 0.6) is 5.75 Å². The highest BCUT2D eigenvalue weighted by molar-refractivity contribution is 7.89. The second-order valence-corrected chi connectivity index (χ2v) is 10.8. The van der Waals surface area contributed by atoms with Crippen molar-refractivity contribution in [1.29, 1.82) is 0 Å². The smallest absolute Gasteiger partial charge is 0.324 e. The van der Waals surface area contributed by atoms with E-state index in [9.17, 15) is 23.1 Å². The van der Waals surface area contributed by atoms with E-state index in [1.54, 1.807) is 19.9 Å². The van der Waals surface area contributed by atoms with Gasteiger partial charge in [0.15, 0.2) is 0 Å². The van der Waals surface area contributed by atoms with Gasteiger partial charge in [0.2, 0.25) is 15.9 Å². The first-order valence-electron chi connectivity index (χ1n) is 10.5. The fourth-order valence-electron chi connectivity index (χ4n) is 3.50. The summed E-state index contributed by atoms with van der Waals surface area (Å²) in [6.07, 6.45) is 3.20. The third-order valence-corrected chi connectivity index (χ3v) is 6.82. The molecular weight excluding hydrogens is 422 g/mol. The number of sulfonamides is 1. The summed E-state index contributed by atoms with van der Waals surface area (Å²) in [6, 6.07) is 6.93. The Morgan fingerprint density at radius 3 is 2.58 bits per heavy atom. The van der Waals surface area contributed by atoms with Gasteiger partial charge in [-0.2, -0.15) is 0 Å². The molecule has 0 spiro atoms. The summed E-state index contributed by atoms with van der Waals surface area (Å²) in [5, 5.41) is 12.0. The first-order chi connectivity index (χ1) is 14.5. The first kappa shape index (κ1) is 23.5. The van der Waals surface area contributed by atoms with Gasteiger partial charge in [-0.05, 0) is 57.2 Å². The van der Waals surface area contributed by atoms with Gasteiger partial charge in [-0.1, -0.05) is 18.6 Å². The maximum Gasteiger partial charge on any atom is 0.324 e. The van der Waals surface area contributed by atoms with Crippen molar-refractivity contribution in [3.63, 3.8) is 0 Å². The van der Waals surface area contributed by atoms with Crippen molar-refractivity contribution in [2.75, 3.05) is 25.4 Å². The number of amides is 3. The largest absolute Gasteiger partial charge is 0.491 e. The summed E-state index contributed by atoms with van der Waals surface area (Å²) in [7, 11) is -3.47. The lowest BCUT2D eigenvalue weighted by molar-refractivity contribution is -0.118. The zero-order valence-electron chi connectivity index (χ0n) is 18.0. The van der Waals surface area contributed by atoms with Crippen molar-refractivity contribution in [3.8, 4) is 5.75 Å². The number of carbonyl (C=O) groups excluding carboxylic acids is 2. The van der Waals surface area contributed by atoms with E-state index in [-0.39, 0.29) is 30.8 Å². The molecular formula is C21H31N3O6S. The number of nitrogens with one attached hydrogen (secondary N) is 2.